The zero-order chi connectivity index (χ0) is 13.2. The predicted molar refractivity (Wildman–Crippen MR) is 68.8 cm³/mol. The van der Waals surface area contributed by atoms with Crippen molar-refractivity contribution in [3.05, 3.63) is 47.8 Å². The van der Waals surface area contributed by atoms with Crippen LogP contribution in [0.2, 0.25) is 0 Å². The maximum atomic E-state index is 11.7. The monoisotopic (exact) mass is 265 g/mol. The maximum absolute atomic E-state index is 11.7. The Kier molecular flexibility index (Phi) is 3.49. The zero-order valence-electron chi connectivity index (χ0n) is 10.3. The molecular weight excluding hydrogens is 250 g/mol. The highest BCUT2D eigenvalue weighted by molar-refractivity contribution is 7.89. The van der Waals surface area contributed by atoms with Gasteiger partial charge < -0.3 is 0 Å². The summed E-state index contributed by atoms with van der Waals surface area (Å²) in [7, 11) is -2.04. The molecule has 1 heterocycles. The third-order valence-electron chi connectivity index (χ3n) is 2.65. The smallest absolute Gasteiger partial charge is 0.243 e. The fraction of sp³-hybridized carbons (Fsp3) is 0.250. The van der Waals surface area contributed by atoms with Crippen LogP contribution in [0.1, 0.15) is 11.3 Å². The molecule has 0 aliphatic rings. The number of nitrogens with one attached hydrogen (secondary N) is 1. The number of benzene rings is 1. The topological polar surface area (TPSA) is 64.0 Å². The van der Waals surface area contributed by atoms with Gasteiger partial charge >= 0.3 is 0 Å². The molecule has 2 rings (SSSR count). The summed E-state index contributed by atoms with van der Waals surface area (Å²) in [6, 6.07) is 9.77. The molecule has 0 saturated heterocycles. The first kappa shape index (κ1) is 12.8. The van der Waals surface area contributed by atoms with Gasteiger partial charge in [-0.2, -0.15) is 5.10 Å². The van der Waals surface area contributed by atoms with Gasteiger partial charge in [-0.05, 0) is 19.5 Å². The number of aryl methyl sites for hydroxylation is 1. The average Bonchev–Trinajstić information content (AvgIpc) is 2.72. The SMILES string of the molecule is CNS(=O)(=O)c1cn(Cc2ccccc2)nc1C. The Bertz CT molecular complexity index is 633. The fourth-order valence-corrected chi connectivity index (χ4v) is 2.63. The van der Waals surface area contributed by atoms with E-state index in [1.165, 1.54) is 7.05 Å². The number of hydrogen-bond acceptors (Lipinski definition) is 3. The second-order valence-electron chi connectivity index (χ2n) is 3.97. The van der Waals surface area contributed by atoms with Gasteiger partial charge in [-0.1, -0.05) is 30.3 Å². The maximum Gasteiger partial charge on any atom is 0.243 e. The fourth-order valence-electron chi connectivity index (χ4n) is 1.72. The van der Waals surface area contributed by atoms with Crippen molar-refractivity contribution in [1.29, 1.82) is 0 Å². The van der Waals surface area contributed by atoms with Crippen molar-refractivity contribution in [1.82, 2.24) is 14.5 Å². The van der Waals surface area contributed by atoms with Gasteiger partial charge in [-0.25, -0.2) is 13.1 Å². The van der Waals surface area contributed by atoms with Crippen LogP contribution < -0.4 is 4.72 Å². The summed E-state index contributed by atoms with van der Waals surface area (Å²) in [5, 5.41) is 4.22. The first-order valence-electron chi connectivity index (χ1n) is 5.54. The second kappa shape index (κ2) is 4.91. The number of nitrogens with zero attached hydrogens (tertiary/aromatic N) is 2. The Morgan fingerprint density at radius 3 is 2.56 bits per heavy atom. The Morgan fingerprint density at radius 2 is 1.94 bits per heavy atom. The largest absolute Gasteiger partial charge is 0.267 e. The molecule has 1 N–H and O–H groups in total. The Morgan fingerprint density at radius 1 is 1.28 bits per heavy atom. The van der Waals surface area contributed by atoms with Gasteiger partial charge in [-0.15, -0.1) is 0 Å². The molecule has 0 bridgehead atoms. The van der Waals surface area contributed by atoms with E-state index in [0.29, 0.717) is 12.2 Å². The van der Waals surface area contributed by atoms with E-state index in [1.54, 1.807) is 17.8 Å². The van der Waals surface area contributed by atoms with Crippen LogP contribution >= 0.6 is 0 Å². The van der Waals surface area contributed by atoms with Crippen LogP contribution in [0.25, 0.3) is 0 Å². The van der Waals surface area contributed by atoms with Crippen LogP contribution in [0.15, 0.2) is 41.4 Å². The van der Waals surface area contributed by atoms with E-state index in [1.807, 2.05) is 30.3 Å². The van der Waals surface area contributed by atoms with Gasteiger partial charge in [0.2, 0.25) is 10.0 Å². The molecule has 0 saturated carbocycles. The van der Waals surface area contributed by atoms with Crippen molar-refractivity contribution in [2.45, 2.75) is 18.4 Å². The summed E-state index contributed by atoms with van der Waals surface area (Å²) < 4.78 is 27.4. The number of hydrogen-bond donors (Lipinski definition) is 1. The van der Waals surface area contributed by atoms with Gasteiger partial charge in [0, 0.05) is 6.20 Å². The van der Waals surface area contributed by atoms with Crippen LogP contribution in [0.3, 0.4) is 0 Å². The van der Waals surface area contributed by atoms with Gasteiger partial charge in [0.25, 0.3) is 0 Å². The predicted octanol–water partition coefficient (Wildman–Crippen LogP) is 1.15. The standard InChI is InChI=1S/C12H15N3O2S/c1-10-12(18(16,17)13-2)9-15(14-10)8-11-6-4-3-5-7-11/h3-7,9,13H,8H2,1-2H3. The summed E-state index contributed by atoms with van der Waals surface area (Å²) in [5.74, 6) is 0. The van der Waals surface area contributed by atoms with Crippen LogP contribution in [0, 0.1) is 6.92 Å². The highest BCUT2D eigenvalue weighted by Crippen LogP contribution is 2.13. The lowest BCUT2D eigenvalue weighted by Crippen LogP contribution is -2.18. The molecule has 0 amide bonds. The molecule has 6 heteroatoms. The van der Waals surface area contributed by atoms with Crippen molar-refractivity contribution in [3.63, 3.8) is 0 Å². The van der Waals surface area contributed by atoms with E-state index < -0.39 is 10.0 Å². The van der Waals surface area contributed by atoms with Crippen molar-refractivity contribution in [3.8, 4) is 0 Å². The first-order chi connectivity index (χ1) is 8.53. The number of rotatable bonds is 4. The molecule has 1 aromatic heterocycles. The molecule has 0 spiro atoms. The minimum absolute atomic E-state index is 0.223. The third kappa shape index (κ3) is 2.60. The minimum Gasteiger partial charge on any atom is -0.267 e. The zero-order valence-corrected chi connectivity index (χ0v) is 11.1. The summed E-state index contributed by atoms with van der Waals surface area (Å²) in [4.78, 5) is 0.223. The van der Waals surface area contributed by atoms with Crippen molar-refractivity contribution in [2.24, 2.45) is 0 Å². The molecule has 0 aliphatic carbocycles. The van der Waals surface area contributed by atoms with E-state index in [9.17, 15) is 8.42 Å². The van der Waals surface area contributed by atoms with Crippen LogP contribution in [0.5, 0.6) is 0 Å². The molecule has 0 aliphatic heterocycles. The summed E-state index contributed by atoms with van der Waals surface area (Å²) in [6.07, 6.45) is 1.55. The van der Waals surface area contributed by atoms with Gasteiger partial charge in [0.15, 0.2) is 0 Å². The lowest BCUT2D eigenvalue weighted by Gasteiger charge is -2.00. The molecule has 0 radical (unpaired) electrons. The summed E-state index contributed by atoms with van der Waals surface area (Å²) >= 11 is 0. The van der Waals surface area contributed by atoms with Crippen LogP contribution in [-0.2, 0) is 16.6 Å². The van der Waals surface area contributed by atoms with Crippen molar-refractivity contribution in [2.75, 3.05) is 7.05 Å². The normalized spacial score (nSPS) is 11.7. The Balaban J connectivity index is 2.30. The molecule has 18 heavy (non-hydrogen) atoms. The van der Waals surface area contributed by atoms with E-state index >= 15 is 0 Å². The minimum atomic E-state index is -3.43. The molecule has 0 fully saturated rings. The van der Waals surface area contributed by atoms with Gasteiger partial charge in [-0.3, -0.25) is 4.68 Å². The summed E-state index contributed by atoms with van der Waals surface area (Å²) in [5.41, 5.74) is 1.58. The number of sulfonamides is 1. The molecule has 96 valence electrons. The molecule has 5 nitrogen and oxygen atoms in total. The quantitative estimate of drug-likeness (QED) is 0.902. The van der Waals surface area contributed by atoms with Crippen molar-refractivity contribution < 1.29 is 8.42 Å². The molecule has 2 aromatic rings. The first-order valence-corrected chi connectivity index (χ1v) is 7.03. The number of aromatic nitrogens is 2. The van der Waals surface area contributed by atoms with E-state index in [2.05, 4.69) is 9.82 Å². The van der Waals surface area contributed by atoms with Crippen molar-refractivity contribution >= 4 is 10.0 Å². The van der Waals surface area contributed by atoms with Gasteiger partial charge in [0.05, 0.1) is 12.2 Å². The van der Waals surface area contributed by atoms with Crippen LogP contribution in [0.4, 0.5) is 0 Å². The lowest BCUT2D eigenvalue weighted by molar-refractivity contribution is 0.587. The Labute approximate surface area is 107 Å². The van der Waals surface area contributed by atoms with Crippen LogP contribution in [-0.4, -0.2) is 25.2 Å². The highest BCUT2D eigenvalue weighted by atomic mass is 32.2. The highest BCUT2D eigenvalue weighted by Gasteiger charge is 2.18. The van der Waals surface area contributed by atoms with E-state index in [4.69, 9.17) is 0 Å². The lowest BCUT2D eigenvalue weighted by atomic mass is 10.2. The Hall–Kier alpha value is -1.66. The van der Waals surface area contributed by atoms with E-state index in [-0.39, 0.29) is 4.90 Å². The second-order valence-corrected chi connectivity index (χ2v) is 5.82. The van der Waals surface area contributed by atoms with E-state index in [0.717, 1.165) is 5.56 Å². The average molecular weight is 265 g/mol. The third-order valence-corrected chi connectivity index (χ3v) is 4.16. The molecule has 0 atom stereocenters. The summed E-state index contributed by atoms with van der Waals surface area (Å²) in [6.45, 7) is 2.24. The molecule has 1 aromatic carbocycles. The molecular formula is C12H15N3O2S. The van der Waals surface area contributed by atoms with Gasteiger partial charge in [0.1, 0.15) is 4.90 Å². The molecule has 0 unspecified atom stereocenters.